The second-order valence-electron chi connectivity index (χ2n) is 4.27. The van der Waals surface area contributed by atoms with E-state index in [0.29, 0.717) is 6.42 Å². The number of nitrogens with one attached hydrogen (secondary N) is 1. The zero-order valence-corrected chi connectivity index (χ0v) is 12.6. The molecule has 0 aliphatic carbocycles. The van der Waals surface area contributed by atoms with Crippen LogP contribution in [0.3, 0.4) is 0 Å². The number of para-hydroxylation sites is 1. The summed E-state index contributed by atoms with van der Waals surface area (Å²) in [5, 5.41) is 1.11. The average Bonchev–Trinajstić information content (AvgIpc) is 2.79. The van der Waals surface area contributed by atoms with Crippen LogP contribution in [0.15, 0.2) is 24.4 Å². The highest BCUT2D eigenvalue weighted by molar-refractivity contribution is 14.1. The first-order chi connectivity index (χ1) is 9.00. The normalized spacial score (nSPS) is 10.6. The summed E-state index contributed by atoms with van der Waals surface area (Å²) in [4.78, 5) is 26.7. The minimum Gasteiger partial charge on any atom is -0.360 e. The lowest BCUT2D eigenvalue weighted by atomic mass is 10.1. The number of urea groups is 1. The number of halogens is 1. The minimum atomic E-state index is -0.724. The Morgan fingerprint density at radius 1 is 1.42 bits per heavy atom. The van der Waals surface area contributed by atoms with Crippen LogP contribution in [-0.2, 0) is 11.2 Å². The molecule has 5 nitrogen and oxygen atoms in total. The van der Waals surface area contributed by atoms with Crippen molar-refractivity contribution in [3.05, 3.63) is 33.5 Å². The lowest BCUT2D eigenvalue weighted by Crippen LogP contribution is -2.37. The number of aryl methyl sites for hydroxylation is 1. The van der Waals surface area contributed by atoms with Crippen molar-refractivity contribution in [2.24, 2.45) is 5.73 Å². The average molecular weight is 371 g/mol. The molecule has 1 heterocycles. The number of aromatic nitrogens is 1. The number of carbonyl (C=O) groups excluding carboxylic acids is 2. The summed E-state index contributed by atoms with van der Waals surface area (Å²) in [6.45, 7) is 0. The van der Waals surface area contributed by atoms with E-state index in [4.69, 9.17) is 5.73 Å². The maximum Gasteiger partial charge on any atom is 0.321 e. The number of benzene rings is 1. The van der Waals surface area contributed by atoms with Gasteiger partial charge in [0.05, 0.1) is 5.52 Å². The molecule has 2 rings (SSSR count). The Hall–Kier alpha value is -1.57. The molecule has 0 saturated carbocycles. The first kappa shape index (κ1) is 13.9. The van der Waals surface area contributed by atoms with Crippen LogP contribution in [0, 0.1) is 3.57 Å². The quantitative estimate of drug-likeness (QED) is 0.812. The monoisotopic (exact) mass is 371 g/mol. The maximum atomic E-state index is 11.7. The summed E-state index contributed by atoms with van der Waals surface area (Å²) in [7, 11) is 1.39. The van der Waals surface area contributed by atoms with Crippen LogP contribution in [0.1, 0.15) is 12.0 Å². The van der Waals surface area contributed by atoms with Crippen LogP contribution in [0.25, 0.3) is 10.9 Å². The number of hydrogen-bond donors (Lipinski definition) is 2. The summed E-state index contributed by atoms with van der Waals surface area (Å²) >= 11 is 2.26. The summed E-state index contributed by atoms with van der Waals surface area (Å²) in [5.74, 6) is -0.271. The van der Waals surface area contributed by atoms with Gasteiger partial charge in [-0.1, -0.05) is 12.1 Å². The molecule has 100 valence electrons. The smallest absolute Gasteiger partial charge is 0.321 e. The molecule has 1 aromatic carbocycles. The van der Waals surface area contributed by atoms with Gasteiger partial charge < -0.3 is 10.7 Å². The number of aromatic amines is 1. The zero-order valence-electron chi connectivity index (χ0n) is 10.4. The van der Waals surface area contributed by atoms with Gasteiger partial charge in [0.1, 0.15) is 0 Å². The molecule has 1 aromatic heterocycles. The number of nitrogens with two attached hydrogens (primary N) is 1. The molecular weight excluding hydrogens is 357 g/mol. The number of fused-ring (bicyclic) bond motifs is 1. The lowest BCUT2D eigenvalue weighted by molar-refractivity contribution is -0.127. The first-order valence-corrected chi connectivity index (χ1v) is 6.89. The van der Waals surface area contributed by atoms with Crippen LogP contribution < -0.4 is 5.73 Å². The Bertz CT molecular complexity index is 636. The summed E-state index contributed by atoms with van der Waals surface area (Å²) in [6, 6.07) is 5.30. The predicted octanol–water partition coefficient (Wildman–Crippen LogP) is 2.24. The molecule has 0 saturated heterocycles. The SMILES string of the molecule is CN(C(N)=O)C(=O)CCc1c[nH]c2c(I)cccc12. The fourth-order valence-corrected chi connectivity index (χ4v) is 2.57. The van der Waals surface area contributed by atoms with Crippen LogP contribution >= 0.6 is 22.6 Å². The van der Waals surface area contributed by atoms with Crippen LogP contribution in [-0.4, -0.2) is 28.9 Å². The molecule has 0 spiro atoms. The summed E-state index contributed by atoms with van der Waals surface area (Å²) in [5.41, 5.74) is 7.20. The third kappa shape index (κ3) is 2.89. The molecule has 0 atom stereocenters. The van der Waals surface area contributed by atoms with Crippen molar-refractivity contribution in [2.45, 2.75) is 12.8 Å². The second-order valence-corrected chi connectivity index (χ2v) is 5.43. The van der Waals surface area contributed by atoms with Gasteiger partial charge in [-0.25, -0.2) is 4.79 Å². The fourth-order valence-electron chi connectivity index (χ4n) is 1.91. The molecule has 0 fully saturated rings. The molecule has 2 aromatic rings. The van der Waals surface area contributed by atoms with Crippen molar-refractivity contribution in [3.8, 4) is 0 Å². The van der Waals surface area contributed by atoms with Gasteiger partial charge in [-0.05, 0) is 40.6 Å². The zero-order chi connectivity index (χ0) is 14.0. The third-order valence-corrected chi connectivity index (χ3v) is 3.96. The number of imide groups is 1. The third-order valence-electron chi connectivity index (χ3n) is 3.06. The first-order valence-electron chi connectivity index (χ1n) is 5.81. The van der Waals surface area contributed by atoms with Crippen LogP contribution in [0.5, 0.6) is 0 Å². The van der Waals surface area contributed by atoms with Crippen molar-refractivity contribution in [2.75, 3.05) is 7.05 Å². The Morgan fingerprint density at radius 3 is 2.84 bits per heavy atom. The van der Waals surface area contributed by atoms with Gasteiger partial charge in [0.15, 0.2) is 0 Å². The molecule has 0 aliphatic rings. The Morgan fingerprint density at radius 2 is 2.16 bits per heavy atom. The van der Waals surface area contributed by atoms with Gasteiger partial charge >= 0.3 is 6.03 Å². The van der Waals surface area contributed by atoms with E-state index in [-0.39, 0.29) is 12.3 Å². The van der Waals surface area contributed by atoms with E-state index in [0.717, 1.165) is 24.9 Å². The number of H-pyrrole nitrogens is 1. The standard InChI is InChI=1S/C13H14IN3O2/c1-17(13(15)19)11(18)6-5-8-7-16-12-9(8)3-2-4-10(12)14/h2-4,7,16H,5-6H2,1H3,(H2,15,19). The van der Waals surface area contributed by atoms with Crippen LogP contribution in [0.4, 0.5) is 4.79 Å². The van der Waals surface area contributed by atoms with Gasteiger partial charge in [-0.3, -0.25) is 9.69 Å². The highest BCUT2D eigenvalue weighted by Gasteiger charge is 2.14. The van der Waals surface area contributed by atoms with Gasteiger partial charge in [0, 0.05) is 28.6 Å². The molecule has 0 bridgehead atoms. The molecule has 19 heavy (non-hydrogen) atoms. The van der Waals surface area contributed by atoms with E-state index < -0.39 is 6.03 Å². The van der Waals surface area contributed by atoms with Crippen molar-refractivity contribution < 1.29 is 9.59 Å². The summed E-state index contributed by atoms with van der Waals surface area (Å²) < 4.78 is 1.14. The molecule has 3 amide bonds. The van der Waals surface area contributed by atoms with E-state index in [9.17, 15) is 9.59 Å². The molecule has 0 unspecified atom stereocenters. The molecular formula is C13H14IN3O2. The number of amides is 3. The predicted molar refractivity (Wildman–Crippen MR) is 81.7 cm³/mol. The molecule has 0 radical (unpaired) electrons. The minimum absolute atomic E-state index is 0.262. The maximum absolute atomic E-state index is 11.7. The van der Waals surface area contributed by atoms with Crippen molar-refractivity contribution in [1.82, 2.24) is 9.88 Å². The van der Waals surface area contributed by atoms with Gasteiger partial charge in [0.2, 0.25) is 5.91 Å². The number of nitrogens with zero attached hydrogens (tertiary/aromatic N) is 1. The second kappa shape index (κ2) is 5.60. The van der Waals surface area contributed by atoms with E-state index in [1.54, 1.807) is 0 Å². The van der Waals surface area contributed by atoms with Crippen LogP contribution in [0.2, 0.25) is 0 Å². The van der Waals surface area contributed by atoms with Crippen molar-refractivity contribution in [1.29, 1.82) is 0 Å². The van der Waals surface area contributed by atoms with Gasteiger partial charge in [0.25, 0.3) is 0 Å². The van der Waals surface area contributed by atoms with Crippen molar-refractivity contribution >= 4 is 45.4 Å². The number of primary amides is 1. The molecule has 6 heteroatoms. The van der Waals surface area contributed by atoms with E-state index in [1.165, 1.54) is 7.05 Å². The van der Waals surface area contributed by atoms with Gasteiger partial charge in [-0.2, -0.15) is 0 Å². The highest BCUT2D eigenvalue weighted by atomic mass is 127. The lowest BCUT2D eigenvalue weighted by Gasteiger charge is -2.11. The Kier molecular flexibility index (Phi) is 4.08. The molecule has 3 N–H and O–H groups in total. The highest BCUT2D eigenvalue weighted by Crippen LogP contribution is 2.23. The topological polar surface area (TPSA) is 79.2 Å². The number of carbonyl (C=O) groups is 2. The van der Waals surface area contributed by atoms with E-state index in [2.05, 4.69) is 27.6 Å². The Labute approximate surface area is 124 Å². The van der Waals surface area contributed by atoms with Gasteiger partial charge in [-0.15, -0.1) is 0 Å². The number of hydrogen-bond acceptors (Lipinski definition) is 2. The Balaban J connectivity index is 2.13. The summed E-state index contributed by atoms with van der Waals surface area (Å²) in [6.07, 6.45) is 2.75. The van der Waals surface area contributed by atoms with Crippen molar-refractivity contribution in [3.63, 3.8) is 0 Å². The largest absolute Gasteiger partial charge is 0.360 e. The van der Waals surface area contributed by atoms with E-state index >= 15 is 0 Å². The van der Waals surface area contributed by atoms with E-state index in [1.807, 2.05) is 24.4 Å². The fraction of sp³-hybridized carbons (Fsp3) is 0.231. The number of rotatable bonds is 3. The molecule has 0 aliphatic heterocycles.